The Kier molecular flexibility index (Phi) is 3.14. The summed E-state index contributed by atoms with van der Waals surface area (Å²) in [6, 6.07) is 2.18. The minimum Gasteiger partial charge on any atom is -0.316 e. The van der Waals surface area contributed by atoms with Gasteiger partial charge >= 0.3 is 6.18 Å². The molecule has 1 N–H and O–H groups in total. The van der Waals surface area contributed by atoms with Crippen molar-refractivity contribution in [2.24, 2.45) is 0 Å². The molecular formula is C11H13F3N2. The maximum atomic E-state index is 12.5. The second-order valence-corrected chi connectivity index (χ2v) is 4.01. The van der Waals surface area contributed by atoms with Crippen LogP contribution in [0.15, 0.2) is 18.3 Å². The van der Waals surface area contributed by atoms with Crippen LogP contribution in [-0.2, 0) is 6.18 Å². The summed E-state index contributed by atoms with van der Waals surface area (Å²) < 4.78 is 37.5. The summed E-state index contributed by atoms with van der Waals surface area (Å²) in [5.41, 5.74) is -0.0647. The highest BCUT2D eigenvalue weighted by Crippen LogP contribution is 2.31. The molecule has 2 rings (SSSR count). The van der Waals surface area contributed by atoms with Gasteiger partial charge in [-0.3, -0.25) is 4.98 Å². The molecule has 1 aromatic heterocycles. The van der Waals surface area contributed by atoms with Crippen LogP contribution < -0.4 is 5.32 Å². The second-order valence-electron chi connectivity index (χ2n) is 4.01. The third kappa shape index (κ3) is 2.52. The molecule has 16 heavy (non-hydrogen) atoms. The fourth-order valence-corrected chi connectivity index (χ4v) is 1.95. The van der Waals surface area contributed by atoms with Crippen LogP contribution in [0.4, 0.5) is 13.2 Å². The monoisotopic (exact) mass is 230 g/mol. The molecule has 88 valence electrons. The third-order valence-corrected chi connectivity index (χ3v) is 2.82. The van der Waals surface area contributed by atoms with Gasteiger partial charge in [0, 0.05) is 24.4 Å². The first-order chi connectivity index (χ1) is 7.57. The van der Waals surface area contributed by atoms with Crippen LogP contribution in [-0.4, -0.2) is 18.1 Å². The lowest BCUT2D eigenvalue weighted by Gasteiger charge is -2.22. The molecule has 1 aromatic rings. The Hall–Kier alpha value is -1.10. The summed E-state index contributed by atoms with van der Waals surface area (Å²) in [6.45, 7) is 1.66. The number of rotatable bonds is 1. The van der Waals surface area contributed by atoms with E-state index in [1.54, 1.807) is 0 Å². The zero-order chi connectivity index (χ0) is 11.6. The van der Waals surface area contributed by atoms with Gasteiger partial charge in [0.2, 0.25) is 0 Å². The van der Waals surface area contributed by atoms with E-state index in [0.717, 1.165) is 31.5 Å². The zero-order valence-corrected chi connectivity index (χ0v) is 8.72. The van der Waals surface area contributed by atoms with Gasteiger partial charge in [-0.25, -0.2) is 0 Å². The van der Waals surface area contributed by atoms with Gasteiger partial charge in [-0.1, -0.05) is 0 Å². The molecule has 2 heterocycles. The predicted octanol–water partition coefficient (Wildman–Crippen LogP) is 2.57. The molecule has 0 spiro atoms. The molecule has 1 aliphatic rings. The van der Waals surface area contributed by atoms with Crippen molar-refractivity contribution in [2.75, 3.05) is 13.1 Å². The van der Waals surface area contributed by atoms with Crippen molar-refractivity contribution >= 4 is 0 Å². The maximum absolute atomic E-state index is 12.5. The summed E-state index contributed by atoms with van der Waals surface area (Å²) >= 11 is 0. The molecule has 1 saturated heterocycles. The largest absolute Gasteiger partial charge is 0.416 e. The van der Waals surface area contributed by atoms with Gasteiger partial charge in [0.15, 0.2) is 0 Å². The maximum Gasteiger partial charge on any atom is 0.416 e. The fourth-order valence-electron chi connectivity index (χ4n) is 1.95. The van der Waals surface area contributed by atoms with Crippen LogP contribution in [0.25, 0.3) is 0 Å². The summed E-state index contributed by atoms with van der Waals surface area (Å²) in [5, 5.41) is 3.17. The summed E-state index contributed by atoms with van der Waals surface area (Å²) in [6.07, 6.45) is -1.14. The van der Waals surface area contributed by atoms with Crippen molar-refractivity contribution in [1.29, 1.82) is 0 Å². The van der Waals surface area contributed by atoms with E-state index in [1.165, 1.54) is 6.20 Å². The van der Waals surface area contributed by atoms with Crippen molar-refractivity contribution in [1.82, 2.24) is 10.3 Å². The number of piperidine rings is 1. The van der Waals surface area contributed by atoms with E-state index < -0.39 is 11.7 Å². The number of alkyl halides is 3. The molecule has 5 heteroatoms. The molecule has 0 bridgehead atoms. The van der Waals surface area contributed by atoms with Gasteiger partial charge in [0.05, 0.1) is 5.56 Å². The smallest absolute Gasteiger partial charge is 0.316 e. The number of nitrogens with one attached hydrogen (secondary N) is 1. The van der Waals surface area contributed by atoms with Gasteiger partial charge in [0.1, 0.15) is 0 Å². The van der Waals surface area contributed by atoms with Crippen LogP contribution in [0, 0.1) is 0 Å². The third-order valence-electron chi connectivity index (χ3n) is 2.82. The molecule has 1 unspecified atom stereocenters. The lowest BCUT2D eigenvalue weighted by atomic mass is 9.95. The van der Waals surface area contributed by atoms with Crippen LogP contribution in [0.1, 0.15) is 30.0 Å². The van der Waals surface area contributed by atoms with E-state index in [0.29, 0.717) is 12.2 Å². The van der Waals surface area contributed by atoms with Crippen LogP contribution in [0.3, 0.4) is 0 Å². The Morgan fingerprint density at radius 2 is 2.19 bits per heavy atom. The first kappa shape index (κ1) is 11.4. The first-order valence-corrected chi connectivity index (χ1v) is 5.31. The number of aromatic nitrogens is 1. The van der Waals surface area contributed by atoms with E-state index in [1.807, 2.05) is 0 Å². The molecule has 2 nitrogen and oxygen atoms in total. The lowest BCUT2D eigenvalue weighted by molar-refractivity contribution is -0.137. The number of halogens is 3. The van der Waals surface area contributed by atoms with Crippen LogP contribution in [0.5, 0.6) is 0 Å². The molecule has 1 aliphatic heterocycles. The summed E-state index contributed by atoms with van der Waals surface area (Å²) in [4.78, 5) is 4.04. The molecular weight excluding hydrogens is 217 g/mol. The Labute approximate surface area is 91.9 Å². The van der Waals surface area contributed by atoms with Crippen molar-refractivity contribution in [2.45, 2.75) is 24.9 Å². The summed E-state index contributed by atoms with van der Waals surface area (Å²) in [5.74, 6) is 0.107. The van der Waals surface area contributed by atoms with Crippen molar-refractivity contribution in [3.05, 3.63) is 29.6 Å². The Morgan fingerprint density at radius 3 is 2.81 bits per heavy atom. The average Bonchev–Trinajstić information content (AvgIpc) is 2.29. The zero-order valence-electron chi connectivity index (χ0n) is 8.72. The molecule has 1 atom stereocenters. The van der Waals surface area contributed by atoms with E-state index >= 15 is 0 Å². The topological polar surface area (TPSA) is 24.9 Å². The minimum absolute atomic E-state index is 0.107. The number of hydrogen-bond donors (Lipinski definition) is 1. The predicted molar refractivity (Wildman–Crippen MR) is 54.1 cm³/mol. The average molecular weight is 230 g/mol. The number of pyridine rings is 1. The van der Waals surface area contributed by atoms with Crippen LogP contribution in [0.2, 0.25) is 0 Å². The van der Waals surface area contributed by atoms with Crippen molar-refractivity contribution in [3.63, 3.8) is 0 Å². The van der Waals surface area contributed by atoms with Gasteiger partial charge in [-0.15, -0.1) is 0 Å². The second kappa shape index (κ2) is 4.41. The van der Waals surface area contributed by atoms with Gasteiger partial charge in [0.25, 0.3) is 0 Å². The number of hydrogen-bond acceptors (Lipinski definition) is 2. The van der Waals surface area contributed by atoms with E-state index in [-0.39, 0.29) is 5.92 Å². The Balaban J connectivity index is 2.21. The van der Waals surface area contributed by atoms with E-state index in [9.17, 15) is 13.2 Å². The quantitative estimate of drug-likeness (QED) is 0.802. The Morgan fingerprint density at radius 1 is 1.38 bits per heavy atom. The lowest BCUT2D eigenvalue weighted by Crippen LogP contribution is -2.29. The Bertz CT molecular complexity index is 356. The van der Waals surface area contributed by atoms with Crippen molar-refractivity contribution < 1.29 is 13.2 Å². The fraction of sp³-hybridized carbons (Fsp3) is 0.545. The highest BCUT2D eigenvalue weighted by atomic mass is 19.4. The summed E-state index contributed by atoms with van der Waals surface area (Å²) in [7, 11) is 0. The van der Waals surface area contributed by atoms with Gasteiger partial charge in [-0.05, 0) is 31.5 Å². The molecule has 0 saturated carbocycles. The van der Waals surface area contributed by atoms with Gasteiger partial charge in [-0.2, -0.15) is 13.2 Å². The minimum atomic E-state index is -4.28. The van der Waals surface area contributed by atoms with E-state index in [4.69, 9.17) is 0 Å². The van der Waals surface area contributed by atoms with Gasteiger partial charge < -0.3 is 5.32 Å². The first-order valence-electron chi connectivity index (χ1n) is 5.31. The number of nitrogens with zero attached hydrogens (tertiary/aromatic N) is 1. The molecule has 0 amide bonds. The highest BCUT2D eigenvalue weighted by molar-refractivity contribution is 5.22. The molecule has 0 aromatic carbocycles. The standard InChI is InChI=1S/C11H13F3N2/c12-11(13,14)9-3-5-16-10(6-9)8-2-1-4-15-7-8/h3,5-6,8,15H,1-2,4,7H2. The van der Waals surface area contributed by atoms with E-state index in [2.05, 4.69) is 10.3 Å². The molecule has 0 aliphatic carbocycles. The van der Waals surface area contributed by atoms with Crippen LogP contribution >= 0.6 is 0 Å². The molecule has 0 radical (unpaired) electrons. The van der Waals surface area contributed by atoms with Crippen molar-refractivity contribution in [3.8, 4) is 0 Å². The normalized spacial score (nSPS) is 22.1. The molecule has 1 fully saturated rings. The SMILES string of the molecule is FC(F)(F)c1ccnc(C2CCCNC2)c1. The highest BCUT2D eigenvalue weighted by Gasteiger charge is 2.31.